The van der Waals surface area contributed by atoms with Crippen molar-refractivity contribution in [2.75, 3.05) is 5.75 Å². The first kappa shape index (κ1) is 9.40. The Morgan fingerprint density at radius 3 is 2.71 bits per heavy atom. The monoisotopic (exact) mass is 210 g/mol. The summed E-state index contributed by atoms with van der Waals surface area (Å²) in [6.45, 7) is 1.48. The molecule has 0 aromatic heterocycles. The molecule has 0 atom stereocenters. The van der Waals surface area contributed by atoms with Crippen molar-refractivity contribution in [1.29, 1.82) is 0 Å². The number of rotatable bonds is 1. The van der Waals surface area contributed by atoms with E-state index >= 15 is 0 Å². The van der Waals surface area contributed by atoms with Crippen LogP contribution in [0.25, 0.3) is 0 Å². The van der Waals surface area contributed by atoms with E-state index in [0.29, 0.717) is 16.9 Å². The number of ketones is 1. The number of benzene rings is 1. The molecule has 0 unspecified atom stereocenters. The molecule has 3 nitrogen and oxygen atoms in total. The maximum Gasteiger partial charge on any atom is 0.178 e. The predicted octanol–water partition coefficient (Wildman–Crippen LogP) is 1.22. The molecular weight excluding hydrogens is 200 g/mol. The molecule has 1 aromatic carbocycles. The summed E-state index contributed by atoms with van der Waals surface area (Å²) in [7, 11) is -3.06. The topological polar surface area (TPSA) is 51.2 Å². The second kappa shape index (κ2) is 2.92. The summed E-state index contributed by atoms with van der Waals surface area (Å²) in [6, 6.07) is 4.79. The van der Waals surface area contributed by atoms with Crippen molar-refractivity contribution in [3.63, 3.8) is 0 Å². The maximum absolute atomic E-state index is 11.4. The molecule has 0 saturated heterocycles. The lowest BCUT2D eigenvalue weighted by Gasteiger charge is -2.00. The fraction of sp³-hybridized carbons (Fsp3) is 0.300. The van der Waals surface area contributed by atoms with E-state index in [1.165, 1.54) is 13.0 Å². The quantitative estimate of drug-likeness (QED) is 0.655. The summed E-state index contributed by atoms with van der Waals surface area (Å²) >= 11 is 0. The van der Waals surface area contributed by atoms with E-state index in [9.17, 15) is 13.2 Å². The average Bonchev–Trinajstić information content (AvgIpc) is 2.42. The minimum Gasteiger partial charge on any atom is -0.295 e. The first-order valence-corrected chi connectivity index (χ1v) is 6.02. The van der Waals surface area contributed by atoms with E-state index in [1.54, 1.807) is 12.1 Å². The summed E-state index contributed by atoms with van der Waals surface area (Å²) in [6.07, 6.45) is 0.527. The second-order valence-electron chi connectivity index (χ2n) is 3.45. The van der Waals surface area contributed by atoms with Gasteiger partial charge in [-0.15, -0.1) is 0 Å². The molecule has 4 heteroatoms. The van der Waals surface area contributed by atoms with Crippen molar-refractivity contribution in [2.45, 2.75) is 18.2 Å². The van der Waals surface area contributed by atoms with Crippen LogP contribution in [-0.2, 0) is 16.3 Å². The van der Waals surface area contributed by atoms with Gasteiger partial charge in [-0.25, -0.2) is 8.42 Å². The van der Waals surface area contributed by atoms with Crippen LogP contribution < -0.4 is 0 Å². The van der Waals surface area contributed by atoms with Gasteiger partial charge in [0, 0.05) is 5.56 Å². The van der Waals surface area contributed by atoms with E-state index in [-0.39, 0.29) is 11.5 Å². The summed E-state index contributed by atoms with van der Waals surface area (Å²) in [5.41, 5.74) is 1.36. The molecule has 0 spiro atoms. The minimum absolute atomic E-state index is 0.0305. The van der Waals surface area contributed by atoms with E-state index < -0.39 is 9.84 Å². The van der Waals surface area contributed by atoms with Gasteiger partial charge >= 0.3 is 0 Å². The van der Waals surface area contributed by atoms with Crippen molar-refractivity contribution in [1.82, 2.24) is 0 Å². The van der Waals surface area contributed by atoms with E-state index in [1.807, 2.05) is 0 Å². The van der Waals surface area contributed by atoms with E-state index in [0.717, 1.165) is 5.56 Å². The molecule has 0 bridgehead atoms. The lowest BCUT2D eigenvalue weighted by Crippen LogP contribution is -1.99. The van der Waals surface area contributed by atoms with Gasteiger partial charge in [0.2, 0.25) is 0 Å². The summed E-state index contributed by atoms with van der Waals surface area (Å²) in [4.78, 5) is 11.4. The van der Waals surface area contributed by atoms with Gasteiger partial charge in [-0.2, -0.15) is 0 Å². The van der Waals surface area contributed by atoms with Crippen molar-refractivity contribution in [3.8, 4) is 0 Å². The fourth-order valence-electron chi connectivity index (χ4n) is 1.65. The minimum atomic E-state index is -3.06. The third-order valence-electron chi connectivity index (χ3n) is 2.44. The van der Waals surface area contributed by atoms with Gasteiger partial charge < -0.3 is 0 Å². The molecular formula is C10H10O3S. The third kappa shape index (κ3) is 1.35. The van der Waals surface area contributed by atoms with E-state index in [2.05, 4.69) is 0 Å². The standard InChI is InChI=1S/C10H10O3S/c1-7(11)8-2-3-10-9(6-8)4-5-14(10,12)13/h2-3,6H,4-5H2,1H3. The Morgan fingerprint density at radius 2 is 2.07 bits per heavy atom. The van der Waals surface area contributed by atoms with Crippen LogP contribution in [-0.4, -0.2) is 20.0 Å². The molecule has 0 amide bonds. The van der Waals surface area contributed by atoms with Crippen LogP contribution >= 0.6 is 0 Å². The number of Topliss-reactive ketones (excluding diaryl/α,β-unsaturated/α-hetero) is 1. The molecule has 0 N–H and O–H groups in total. The SMILES string of the molecule is CC(=O)c1ccc2c(c1)CCS2(=O)=O. The normalized spacial score (nSPS) is 17.8. The van der Waals surface area contributed by atoms with Gasteiger partial charge in [-0.1, -0.05) is 6.07 Å². The highest BCUT2D eigenvalue weighted by Crippen LogP contribution is 2.26. The first-order valence-electron chi connectivity index (χ1n) is 4.37. The highest BCUT2D eigenvalue weighted by Gasteiger charge is 2.26. The molecule has 0 aliphatic carbocycles. The molecule has 1 heterocycles. The number of hydrogen-bond donors (Lipinski definition) is 0. The number of hydrogen-bond acceptors (Lipinski definition) is 3. The van der Waals surface area contributed by atoms with Gasteiger partial charge in [-0.05, 0) is 31.0 Å². The van der Waals surface area contributed by atoms with Crippen LogP contribution in [0, 0.1) is 0 Å². The number of fused-ring (bicyclic) bond motifs is 1. The molecule has 0 saturated carbocycles. The van der Waals surface area contributed by atoms with Crippen LogP contribution in [0.3, 0.4) is 0 Å². The number of aryl methyl sites for hydroxylation is 1. The molecule has 14 heavy (non-hydrogen) atoms. The zero-order valence-corrected chi connectivity index (χ0v) is 8.60. The Balaban J connectivity index is 2.61. The van der Waals surface area contributed by atoms with Gasteiger partial charge in [-0.3, -0.25) is 4.79 Å². The molecule has 74 valence electrons. The zero-order chi connectivity index (χ0) is 10.3. The second-order valence-corrected chi connectivity index (χ2v) is 5.53. The van der Waals surface area contributed by atoms with Crippen LogP contribution in [0.4, 0.5) is 0 Å². The lowest BCUT2D eigenvalue weighted by molar-refractivity contribution is 0.101. The highest BCUT2D eigenvalue weighted by atomic mass is 32.2. The smallest absolute Gasteiger partial charge is 0.178 e. The van der Waals surface area contributed by atoms with Gasteiger partial charge in [0.25, 0.3) is 0 Å². The van der Waals surface area contributed by atoms with Crippen molar-refractivity contribution in [2.24, 2.45) is 0 Å². The maximum atomic E-state index is 11.4. The summed E-state index contributed by atoms with van der Waals surface area (Å²) < 4.78 is 22.9. The molecule has 1 aliphatic rings. The first-order chi connectivity index (χ1) is 6.50. The van der Waals surface area contributed by atoms with Crippen LogP contribution in [0.2, 0.25) is 0 Å². The highest BCUT2D eigenvalue weighted by molar-refractivity contribution is 7.91. The number of sulfone groups is 1. The third-order valence-corrected chi connectivity index (χ3v) is 4.25. The number of carbonyl (C=O) groups is 1. The van der Waals surface area contributed by atoms with E-state index in [4.69, 9.17) is 0 Å². The van der Waals surface area contributed by atoms with Gasteiger partial charge in [0.15, 0.2) is 15.6 Å². The zero-order valence-electron chi connectivity index (χ0n) is 7.78. The summed E-state index contributed by atoms with van der Waals surface area (Å²) in [5.74, 6) is 0.140. The molecule has 1 aliphatic heterocycles. The van der Waals surface area contributed by atoms with Crippen molar-refractivity contribution < 1.29 is 13.2 Å². The average molecular weight is 210 g/mol. The molecule has 1 aromatic rings. The van der Waals surface area contributed by atoms with Gasteiger partial charge in [0.1, 0.15) is 0 Å². The van der Waals surface area contributed by atoms with Crippen LogP contribution in [0.1, 0.15) is 22.8 Å². The Morgan fingerprint density at radius 1 is 1.36 bits per heavy atom. The largest absolute Gasteiger partial charge is 0.295 e. The Labute approximate surface area is 82.7 Å². The van der Waals surface area contributed by atoms with Crippen molar-refractivity contribution in [3.05, 3.63) is 29.3 Å². The molecule has 0 fully saturated rings. The predicted molar refractivity (Wildman–Crippen MR) is 52.2 cm³/mol. The van der Waals surface area contributed by atoms with Gasteiger partial charge in [0.05, 0.1) is 10.6 Å². The molecule has 2 rings (SSSR count). The number of carbonyl (C=O) groups excluding carboxylic acids is 1. The fourth-order valence-corrected chi connectivity index (χ4v) is 3.20. The van der Waals surface area contributed by atoms with Crippen LogP contribution in [0.5, 0.6) is 0 Å². The van der Waals surface area contributed by atoms with Crippen molar-refractivity contribution >= 4 is 15.6 Å². The van der Waals surface area contributed by atoms with Crippen LogP contribution in [0.15, 0.2) is 23.1 Å². The summed E-state index contributed by atoms with van der Waals surface area (Å²) in [5, 5.41) is 0. The lowest BCUT2D eigenvalue weighted by atomic mass is 10.1. The Kier molecular flexibility index (Phi) is 1.96. The Bertz CT molecular complexity index is 500. The Hall–Kier alpha value is -1.16. The molecule has 0 radical (unpaired) electrons.